The van der Waals surface area contributed by atoms with E-state index in [2.05, 4.69) is 5.32 Å². The standard InChI is InChI=1S/C14H19ClN2O3/c1-2-20-13-6-5-10(8-12(13)15)16-14(19)17-7-3-4-11(18)9-17/h5-6,8,11,18H,2-4,7,9H2,1H3,(H,16,19). The highest BCUT2D eigenvalue weighted by molar-refractivity contribution is 6.32. The van der Waals surface area contributed by atoms with Crippen LogP contribution in [-0.2, 0) is 0 Å². The lowest BCUT2D eigenvalue weighted by Gasteiger charge is -2.30. The molecule has 110 valence electrons. The third-order valence-corrected chi connectivity index (χ3v) is 3.46. The van der Waals surface area contributed by atoms with Gasteiger partial charge in [0.1, 0.15) is 5.75 Å². The van der Waals surface area contributed by atoms with Crippen LogP contribution in [0.2, 0.25) is 5.02 Å². The van der Waals surface area contributed by atoms with Gasteiger partial charge in [0.2, 0.25) is 0 Å². The van der Waals surface area contributed by atoms with Gasteiger partial charge in [-0.15, -0.1) is 0 Å². The first kappa shape index (κ1) is 14.9. The SMILES string of the molecule is CCOc1ccc(NC(=O)N2CCCC(O)C2)cc1Cl. The fraction of sp³-hybridized carbons (Fsp3) is 0.500. The number of urea groups is 1. The highest BCUT2D eigenvalue weighted by Crippen LogP contribution is 2.27. The second kappa shape index (κ2) is 6.81. The van der Waals surface area contributed by atoms with Gasteiger partial charge in [-0.3, -0.25) is 0 Å². The van der Waals surface area contributed by atoms with Gasteiger partial charge in [0, 0.05) is 18.8 Å². The van der Waals surface area contributed by atoms with Crippen molar-refractivity contribution in [3.05, 3.63) is 23.2 Å². The summed E-state index contributed by atoms with van der Waals surface area (Å²) in [5.74, 6) is 0.598. The molecule has 0 aliphatic carbocycles. The second-order valence-electron chi connectivity index (χ2n) is 4.75. The summed E-state index contributed by atoms with van der Waals surface area (Å²) in [7, 11) is 0. The third kappa shape index (κ3) is 3.77. The summed E-state index contributed by atoms with van der Waals surface area (Å²) >= 11 is 6.07. The summed E-state index contributed by atoms with van der Waals surface area (Å²) in [5, 5.41) is 12.8. The molecule has 6 heteroatoms. The van der Waals surface area contributed by atoms with E-state index in [1.54, 1.807) is 23.1 Å². The van der Waals surface area contributed by atoms with Crippen molar-refractivity contribution in [3.63, 3.8) is 0 Å². The average Bonchev–Trinajstić information content (AvgIpc) is 2.42. The Labute approximate surface area is 123 Å². The Morgan fingerprint density at radius 2 is 2.40 bits per heavy atom. The summed E-state index contributed by atoms with van der Waals surface area (Å²) in [6.07, 6.45) is 1.13. The minimum atomic E-state index is -0.432. The van der Waals surface area contributed by atoms with Crippen LogP contribution in [0.5, 0.6) is 5.75 Å². The topological polar surface area (TPSA) is 61.8 Å². The normalized spacial score (nSPS) is 18.8. The molecule has 0 spiro atoms. The smallest absolute Gasteiger partial charge is 0.321 e. The predicted octanol–water partition coefficient (Wildman–Crippen LogP) is 2.73. The van der Waals surface area contributed by atoms with E-state index in [1.165, 1.54) is 0 Å². The molecule has 0 aromatic heterocycles. The van der Waals surface area contributed by atoms with E-state index >= 15 is 0 Å². The number of anilines is 1. The van der Waals surface area contributed by atoms with E-state index in [0.29, 0.717) is 36.2 Å². The fourth-order valence-electron chi connectivity index (χ4n) is 2.19. The zero-order valence-corrected chi connectivity index (χ0v) is 12.2. The number of hydrogen-bond acceptors (Lipinski definition) is 3. The van der Waals surface area contributed by atoms with E-state index in [4.69, 9.17) is 16.3 Å². The predicted molar refractivity (Wildman–Crippen MR) is 78.5 cm³/mol. The number of piperidine rings is 1. The molecule has 0 bridgehead atoms. The zero-order valence-electron chi connectivity index (χ0n) is 11.4. The number of carbonyl (C=O) groups excluding carboxylic acids is 1. The molecule has 2 rings (SSSR count). The van der Waals surface area contributed by atoms with E-state index < -0.39 is 6.10 Å². The van der Waals surface area contributed by atoms with Gasteiger partial charge >= 0.3 is 6.03 Å². The first-order chi connectivity index (χ1) is 9.60. The lowest BCUT2D eigenvalue weighted by Crippen LogP contribution is -2.44. The van der Waals surface area contributed by atoms with Gasteiger partial charge in [-0.2, -0.15) is 0 Å². The number of benzene rings is 1. The number of carbonyl (C=O) groups is 1. The molecule has 0 saturated carbocycles. The molecule has 1 saturated heterocycles. The van der Waals surface area contributed by atoms with Crippen molar-refractivity contribution in [1.29, 1.82) is 0 Å². The number of hydrogen-bond donors (Lipinski definition) is 2. The lowest BCUT2D eigenvalue weighted by molar-refractivity contribution is 0.0883. The number of aliphatic hydroxyl groups excluding tert-OH is 1. The van der Waals surface area contributed by atoms with Gasteiger partial charge < -0.3 is 20.1 Å². The summed E-state index contributed by atoms with van der Waals surface area (Å²) in [6, 6.07) is 4.91. The highest BCUT2D eigenvalue weighted by Gasteiger charge is 2.22. The number of ether oxygens (including phenoxy) is 1. The molecule has 5 nitrogen and oxygen atoms in total. The molecule has 20 heavy (non-hydrogen) atoms. The number of aliphatic hydroxyl groups is 1. The Morgan fingerprint density at radius 1 is 1.60 bits per heavy atom. The molecule has 1 unspecified atom stereocenters. The molecule has 0 radical (unpaired) electrons. The van der Waals surface area contributed by atoms with Crippen molar-refractivity contribution < 1.29 is 14.6 Å². The summed E-state index contributed by atoms with van der Waals surface area (Å²) in [4.78, 5) is 13.7. The fourth-order valence-corrected chi connectivity index (χ4v) is 2.43. The number of rotatable bonds is 3. The molecule has 1 aliphatic heterocycles. The number of likely N-dealkylation sites (tertiary alicyclic amines) is 1. The molecule has 2 amide bonds. The van der Waals surface area contributed by atoms with E-state index in [9.17, 15) is 9.90 Å². The molecule has 1 fully saturated rings. The van der Waals surface area contributed by atoms with E-state index in [0.717, 1.165) is 12.8 Å². The quantitative estimate of drug-likeness (QED) is 0.902. The maximum Gasteiger partial charge on any atom is 0.321 e. The Morgan fingerprint density at radius 3 is 3.05 bits per heavy atom. The maximum absolute atomic E-state index is 12.1. The maximum atomic E-state index is 12.1. The van der Waals surface area contributed by atoms with Gasteiger partial charge in [0.05, 0.1) is 17.7 Å². The highest BCUT2D eigenvalue weighted by atomic mass is 35.5. The van der Waals surface area contributed by atoms with Gasteiger partial charge in [-0.25, -0.2) is 4.79 Å². The molecule has 1 atom stereocenters. The number of β-amino-alcohol motifs (C(OH)–C–C–N with tert-alkyl or cyclic N) is 1. The Balaban J connectivity index is 1.98. The summed E-state index contributed by atoms with van der Waals surface area (Å²) in [6.45, 7) is 3.45. The van der Waals surface area contributed by atoms with Crippen LogP contribution < -0.4 is 10.1 Å². The summed E-state index contributed by atoms with van der Waals surface area (Å²) in [5.41, 5.74) is 0.614. The number of halogens is 1. The molecular formula is C14H19ClN2O3. The van der Waals surface area contributed by atoms with Crippen molar-refractivity contribution in [3.8, 4) is 5.75 Å². The van der Waals surface area contributed by atoms with Crippen LogP contribution in [-0.4, -0.2) is 41.8 Å². The number of amides is 2. The first-order valence-corrected chi connectivity index (χ1v) is 7.14. The monoisotopic (exact) mass is 298 g/mol. The second-order valence-corrected chi connectivity index (χ2v) is 5.16. The Bertz CT molecular complexity index is 481. The largest absolute Gasteiger partial charge is 0.492 e. The van der Waals surface area contributed by atoms with Gasteiger partial charge in [-0.1, -0.05) is 11.6 Å². The Kier molecular flexibility index (Phi) is 5.09. The van der Waals surface area contributed by atoms with Crippen LogP contribution >= 0.6 is 11.6 Å². The van der Waals surface area contributed by atoms with Crippen molar-refractivity contribution in [1.82, 2.24) is 4.90 Å². The van der Waals surface area contributed by atoms with Gasteiger partial charge in [-0.05, 0) is 38.0 Å². The van der Waals surface area contributed by atoms with Crippen molar-refractivity contribution in [2.24, 2.45) is 0 Å². The van der Waals surface area contributed by atoms with E-state index in [-0.39, 0.29) is 6.03 Å². The van der Waals surface area contributed by atoms with Gasteiger partial charge in [0.25, 0.3) is 0 Å². The first-order valence-electron chi connectivity index (χ1n) is 6.76. The van der Waals surface area contributed by atoms with Crippen LogP contribution in [0.15, 0.2) is 18.2 Å². The van der Waals surface area contributed by atoms with Crippen LogP contribution in [0.3, 0.4) is 0 Å². The third-order valence-electron chi connectivity index (χ3n) is 3.17. The van der Waals surface area contributed by atoms with Crippen molar-refractivity contribution in [2.75, 3.05) is 25.0 Å². The summed E-state index contributed by atoms with van der Waals surface area (Å²) < 4.78 is 5.34. The number of nitrogens with zero attached hydrogens (tertiary/aromatic N) is 1. The van der Waals surface area contributed by atoms with Crippen molar-refractivity contribution >= 4 is 23.3 Å². The van der Waals surface area contributed by atoms with Crippen molar-refractivity contribution in [2.45, 2.75) is 25.9 Å². The molecule has 2 N–H and O–H groups in total. The zero-order chi connectivity index (χ0) is 14.5. The minimum absolute atomic E-state index is 0.219. The average molecular weight is 299 g/mol. The van der Waals surface area contributed by atoms with Crippen LogP contribution in [0.1, 0.15) is 19.8 Å². The molecule has 1 aromatic rings. The lowest BCUT2D eigenvalue weighted by atomic mass is 10.1. The molecule has 1 heterocycles. The van der Waals surface area contributed by atoms with Crippen LogP contribution in [0, 0.1) is 0 Å². The van der Waals surface area contributed by atoms with Crippen LogP contribution in [0.4, 0.5) is 10.5 Å². The van der Waals surface area contributed by atoms with Gasteiger partial charge in [0.15, 0.2) is 0 Å². The van der Waals surface area contributed by atoms with Crippen LogP contribution in [0.25, 0.3) is 0 Å². The molecular weight excluding hydrogens is 280 g/mol. The number of nitrogens with one attached hydrogen (secondary N) is 1. The minimum Gasteiger partial charge on any atom is -0.492 e. The molecule has 1 aromatic carbocycles. The molecule has 1 aliphatic rings. The Hall–Kier alpha value is -1.46. The van der Waals surface area contributed by atoms with E-state index in [1.807, 2.05) is 6.92 Å².